The Kier molecular flexibility index (Phi) is 5.23. The van der Waals surface area contributed by atoms with Gasteiger partial charge in [0.25, 0.3) is 0 Å². The molecule has 1 aromatic heterocycles. The third-order valence-corrected chi connectivity index (χ3v) is 3.56. The SMILES string of the molecule is CCCn1c(C(N)CC(C)C)nc2cc(OCC)ccc21. The molecule has 2 aromatic rings. The van der Waals surface area contributed by atoms with Gasteiger partial charge in [-0.05, 0) is 37.8 Å². The third kappa shape index (κ3) is 3.56. The fraction of sp³-hybridized carbons (Fsp3) is 0.588. The van der Waals surface area contributed by atoms with Crippen LogP contribution in [0.2, 0.25) is 0 Å². The van der Waals surface area contributed by atoms with Gasteiger partial charge in [-0.1, -0.05) is 20.8 Å². The maximum absolute atomic E-state index is 6.37. The zero-order valence-corrected chi connectivity index (χ0v) is 13.6. The normalized spacial score (nSPS) is 13.0. The van der Waals surface area contributed by atoms with Gasteiger partial charge < -0.3 is 15.0 Å². The van der Waals surface area contributed by atoms with Gasteiger partial charge in [0.05, 0.1) is 23.7 Å². The topological polar surface area (TPSA) is 53.1 Å². The van der Waals surface area contributed by atoms with Crippen LogP contribution >= 0.6 is 0 Å². The molecule has 1 heterocycles. The van der Waals surface area contributed by atoms with E-state index in [4.69, 9.17) is 15.5 Å². The molecule has 21 heavy (non-hydrogen) atoms. The van der Waals surface area contributed by atoms with E-state index in [1.54, 1.807) is 0 Å². The van der Waals surface area contributed by atoms with Gasteiger partial charge in [0.1, 0.15) is 11.6 Å². The predicted octanol–water partition coefficient (Wildman–Crippen LogP) is 3.89. The van der Waals surface area contributed by atoms with Crippen molar-refractivity contribution in [2.75, 3.05) is 6.61 Å². The summed E-state index contributed by atoms with van der Waals surface area (Å²) in [4.78, 5) is 4.79. The van der Waals surface area contributed by atoms with Crippen LogP contribution in [0.1, 0.15) is 52.4 Å². The second-order valence-electron chi connectivity index (χ2n) is 5.94. The summed E-state index contributed by atoms with van der Waals surface area (Å²) in [5.41, 5.74) is 8.50. The van der Waals surface area contributed by atoms with Crippen molar-refractivity contribution in [1.29, 1.82) is 0 Å². The molecule has 1 atom stereocenters. The Bertz CT molecular complexity index is 589. The van der Waals surface area contributed by atoms with Crippen LogP contribution < -0.4 is 10.5 Å². The number of nitrogens with zero attached hydrogens (tertiary/aromatic N) is 2. The summed E-state index contributed by atoms with van der Waals surface area (Å²) in [6.07, 6.45) is 2.02. The van der Waals surface area contributed by atoms with Gasteiger partial charge in [0.2, 0.25) is 0 Å². The van der Waals surface area contributed by atoms with E-state index in [-0.39, 0.29) is 6.04 Å². The van der Waals surface area contributed by atoms with Gasteiger partial charge in [0.15, 0.2) is 0 Å². The largest absolute Gasteiger partial charge is 0.494 e. The Morgan fingerprint density at radius 3 is 2.67 bits per heavy atom. The first-order valence-corrected chi connectivity index (χ1v) is 7.95. The molecule has 0 aliphatic carbocycles. The first kappa shape index (κ1) is 15.8. The number of ether oxygens (including phenoxy) is 1. The van der Waals surface area contributed by atoms with Gasteiger partial charge >= 0.3 is 0 Å². The minimum absolute atomic E-state index is 0.0144. The van der Waals surface area contributed by atoms with Crippen LogP contribution in [0.4, 0.5) is 0 Å². The Morgan fingerprint density at radius 1 is 1.29 bits per heavy atom. The van der Waals surface area contributed by atoms with E-state index >= 15 is 0 Å². The summed E-state index contributed by atoms with van der Waals surface area (Å²) in [6, 6.07) is 6.10. The number of rotatable bonds is 7. The van der Waals surface area contributed by atoms with E-state index in [0.29, 0.717) is 12.5 Å². The van der Waals surface area contributed by atoms with Gasteiger partial charge in [-0.25, -0.2) is 4.98 Å². The van der Waals surface area contributed by atoms with Gasteiger partial charge in [-0.15, -0.1) is 0 Å². The minimum atomic E-state index is -0.0144. The van der Waals surface area contributed by atoms with Crippen LogP contribution in [0.25, 0.3) is 11.0 Å². The lowest BCUT2D eigenvalue weighted by Crippen LogP contribution is -2.18. The number of nitrogens with two attached hydrogens (primary N) is 1. The number of aromatic nitrogens is 2. The average Bonchev–Trinajstić information content (AvgIpc) is 2.77. The molecule has 0 saturated heterocycles. The Morgan fingerprint density at radius 2 is 2.05 bits per heavy atom. The number of hydrogen-bond donors (Lipinski definition) is 1. The van der Waals surface area contributed by atoms with Crippen LogP contribution in [0.3, 0.4) is 0 Å². The van der Waals surface area contributed by atoms with Crippen molar-refractivity contribution in [3.8, 4) is 5.75 Å². The van der Waals surface area contributed by atoms with Crippen molar-refractivity contribution in [3.05, 3.63) is 24.0 Å². The fourth-order valence-electron chi connectivity index (χ4n) is 2.74. The van der Waals surface area contributed by atoms with Crippen molar-refractivity contribution < 1.29 is 4.74 Å². The highest BCUT2D eigenvalue weighted by molar-refractivity contribution is 5.78. The van der Waals surface area contributed by atoms with Crippen LogP contribution in [0, 0.1) is 5.92 Å². The monoisotopic (exact) mass is 289 g/mol. The average molecular weight is 289 g/mol. The van der Waals surface area contributed by atoms with Crippen molar-refractivity contribution in [3.63, 3.8) is 0 Å². The maximum Gasteiger partial charge on any atom is 0.126 e. The van der Waals surface area contributed by atoms with Gasteiger partial charge in [-0.3, -0.25) is 0 Å². The Balaban J connectivity index is 2.45. The molecule has 0 radical (unpaired) electrons. The summed E-state index contributed by atoms with van der Waals surface area (Å²) >= 11 is 0. The summed E-state index contributed by atoms with van der Waals surface area (Å²) in [5.74, 6) is 2.43. The van der Waals surface area contributed by atoms with Crippen molar-refractivity contribution >= 4 is 11.0 Å². The molecule has 0 bridgehead atoms. The van der Waals surface area contributed by atoms with Crippen LogP contribution in [-0.2, 0) is 6.54 Å². The number of fused-ring (bicyclic) bond motifs is 1. The maximum atomic E-state index is 6.37. The molecule has 1 aromatic carbocycles. The van der Waals surface area contributed by atoms with Crippen LogP contribution in [0.5, 0.6) is 5.75 Å². The highest BCUT2D eigenvalue weighted by Gasteiger charge is 2.18. The summed E-state index contributed by atoms with van der Waals surface area (Å²) in [6.45, 7) is 10.2. The standard InChI is InChI=1S/C17H27N3O/c1-5-9-20-16-8-7-13(21-6-2)11-15(16)19-17(20)14(18)10-12(3)4/h7-8,11-12,14H,5-6,9-10,18H2,1-4H3. The van der Waals surface area contributed by atoms with Crippen LogP contribution in [-0.4, -0.2) is 16.2 Å². The molecule has 0 spiro atoms. The molecule has 116 valence electrons. The number of benzene rings is 1. The fourth-order valence-corrected chi connectivity index (χ4v) is 2.74. The van der Waals surface area contributed by atoms with Gasteiger partial charge in [0, 0.05) is 12.6 Å². The summed E-state index contributed by atoms with van der Waals surface area (Å²) in [7, 11) is 0. The molecule has 0 amide bonds. The second-order valence-corrected chi connectivity index (χ2v) is 5.94. The molecule has 0 aliphatic heterocycles. The molecular weight excluding hydrogens is 262 g/mol. The molecule has 0 saturated carbocycles. The lowest BCUT2D eigenvalue weighted by Gasteiger charge is -2.16. The molecule has 0 fully saturated rings. The molecule has 2 rings (SSSR count). The van der Waals surface area contributed by atoms with E-state index in [1.807, 2.05) is 19.1 Å². The number of aryl methyl sites for hydroxylation is 1. The van der Waals surface area contributed by atoms with Crippen molar-refractivity contribution in [2.24, 2.45) is 11.7 Å². The summed E-state index contributed by atoms with van der Waals surface area (Å²) in [5, 5.41) is 0. The third-order valence-electron chi connectivity index (χ3n) is 3.56. The quantitative estimate of drug-likeness (QED) is 0.841. The highest BCUT2D eigenvalue weighted by atomic mass is 16.5. The van der Waals surface area contributed by atoms with Crippen LogP contribution in [0.15, 0.2) is 18.2 Å². The lowest BCUT2D eigenvalue weighted by atomic mass is 10.0. The van der Waals surface area contributed by atoms with Crippen molar-refractivity contribution in [1.82, 2.24) is 9.55 Å². The lowest BCUT2D eigenvalue weighted by molar-refractivity contribution is 0.340. The minimum Gasteiger partial charge on any atom is -0.494 e. The Hall–Kier alpha value is -1.55. The van der Waals surface area contributed by atoms with E-state index in [1.165, 1.54) is 0 Å². The van der Waals surface area contributed by atoms with E-state index < -0.39 is 0 Å². The molecular formula is C17H27N3O. The molecule has 4 heteroatoms. The highest BCUT2D eigenvalue weighted by Crippen LogP contribution is 2.26. The first-order valence-electron chi connectivity index (χ1n) is 7.95. The van der Waals surface area contributed by atoms with E-state index in [0.717, 1.165) is 42.0 Å². The molecule has 1 unspecified atom stereocenters. The number of imidazole rings is 1. The summed E-state index contributed by atoms with van der Waals surface area (Å²) < 4.78 is 7.83. The number of hydrogen-bond acceptors (Lipinski definition) is 3. The zero-order chi connectivity index (χ0) is 15.4. The predicted molar refractivity (Wildman–Crippen MR) is 87.6 cm³/mol. The first-order chi connectivity index (χ1) is 10.1. The molecule has 4 nitrogen and oxygen atoms in total. The van der Waals surface area contributed by atoms with E-state index in [2.05, 4.69) is 31.4 Å². The zero-order valence-electron chi connectivity index (χ0n) is 13.6. The van der Waals surface area contributed by atoms with Crippen molar-refractivity contribution in [2.45, 2.75) is 53.1 Å². The smallest absolute Gasteiger partial charge is 0.126 e. The van der Waals surface area contributed by atoms with Gasteiger partial charge in [-0.2, -0.15) is 0 Å². The molecule has 0 aliphatic rings. The van der Waals surface area contributed by atoms with E-state index in [9.17, 15) is 0 Å². The molecule has 2 N–H and O–H groups in total. The second kappa shape index (κ2) is 6.94. The Labute approximate surface area is 127 Å².